The van der Waals surface area contributed by atoms with Gasteiger partial charge >= 0.3 is 6.61 Å². The van der Waals surface area contributed by atoms with Crippen molar-refractivity contribution in [3.05, 3.63) is 59.7 Å². The van der Waals surface area contributed by atoms with Crippen LogP contribution in [0.25, 0.3) is 0 Å². The zero-order valence-corrected chi connectivity index (χ0v) is 19.3. The van der Waals surface area contributed by atoms with E-state index in [1.165, 1.54) is 17.7 Å². The van der Waals surface area contributed by atoms with Crippen LogP contribution in [0.2, 0.25) is 0 Å². The summed E-state index contributed by atoms with van der Waals surface area (Å²) in [5.41, 5.74) is 3.08. The van der Waals surface area contributed by atoms with Crippen molar-refractivity contribution in [2.45, 2.75) is 19.6 Å². The molecule has 34 heavy (non-hydrogen) atoms. The first-order chi connectivity index (χ1) is 16.4. The predicted molar refractivity (Wildman–Crippen MR) is 125 cm³/mol. The highest BCUT2D eigenvalue weighted by molar-refractivity contribution is 5.96. The van der Waals surface area contributed by atoms with Crippen molar-refractivity contribution in [2.75, 3.05) is 57.8 Å². The summed E-state index contributed by atoms with van der Waals surface area (Å²) in [6.45, 7) is 1.90. The van der Waals surface area contributed by atoms with Crippen LogP contribution in [0.15, 0.2) is 48.5 Å². The third-order valence-corrected chi connectivity index (χ3v) is 6.36. The second-order valence-corrected chi connectivity index (χ2v) is 8.75. The van der Waals surface area contributed by atoms with Crippen molar-refractivity contribution in [1.29, 1.82) is 0 Å². The molecule has 0 aliphatic carbocycles. The highest BCUT2D eigenvalue weighted by atomic mass is 19.3. The first kappa shape index (κ1) is 24.1. The van der Waals surface area contributed by atoms with Gasteiger partial charge in [0.15, 0.2) is 0 Å². The van der Waals surface area contributed by atoms with Gasteiger partial charge in [-0.05, 0) is 35.7 Å². The molecule has 9 heteroatoms. The van der Waals surface area contributed by atoms with E-state index in [0.717, 1.165) is 50.4 Å². The number of carbonyl (C=O) groups excluding carboxylic acids is 2. The molecule has 7 nitrogen and oxygen atoms in total. The average Bonchev–Trinajstić information content (AvgIpc) is 3.25. The van der Waals surface area contributed by atoms with Crippen molar-refractivity contribution >= 4 is 17.5 Å². The third-order valence-electron chi connectivity index (χ3n) is 6.36. The smallest absolute Gasteiger partial charge is 0.387 e. The van der Waals surface area contributed by atoms with Crippen LogP contribution in [0.5, 0.6) is 5.75 Å². The number of carbonyl (C=O) groups is 2. The van der Waals surface area contributed by atoms with Crippen molar-refractivity contribution in [3.63, 3.8) is 0 Å². The Balaban J connectivity index is 1.19. The van der Waals surface area contributed by atoms with Gasteiger partial charge in [0.2, 0.25) is 11.8 Å². The van der Waals surface area contributed by atoms with Crippen LogP contribution in [-0.2, 0) is 22.6 Å². The number of anilines is 1. The van der Waals surface area contributed by atoms with Gasteiger partial charge in [0.1, 0.15) is 5.75 Å². The third kappa shape index (κ3) is 6.09. The molecular weight excluding hydrogens is 442 g/mol. The minimum atomic E-state index is -2.86. The van der Waals surface area contributed by atoms with Gasteiger partial charge in [0, 0.05) is 52.0 Å². The topological polar surface area (TPSA) is 56.3 Å². The van der Waals surface area contributed by atoms with Gasteiger partial charge < -0.3 is 14.5 Å². The Morgan fingerprint density at radius 2 is 1.59 bits per heavy atom. The fourth-order valence-electron chi connectivity index (χ4n) is 4.43. The maximum absolute atomic E-state index is 12.8. The highest BCUT2D eigenvalue weighted by Gasteiger charge is 2.27. The lowest BCUT2D eigenvalue weighted by Crippen LogP contribution is -2.52. The predicted octanol–water partition coefficient (Wildman–Crippen LogP) is 2.45. The number of alkyl halides is 2. The summed E-state index contributed by atoms with van der Waals surface area (Å²) >= 11 is 0. The van der Waals surface area contributed by atoms with Crippen LogP contribution in [0.1, 0.15) is 11.1 Å². The zero-order chi connectivity index (χ0) is 24.1. The van der Waals surface area contributed by atoms with Crippen LogP contribution >= 0.6 is 0 Å². The summed E-state index contributed by atoms with van der Waals surface area (Å²) in [6, 6.07) is 14.4. The summed E-state index contributed by atoms with van der Waals surface area (Å²) < 4.78 is 28.9. The second-order valence-electron chi connectivity index (χ2n) is 8.75. The second kappa shape index (κ2) is 10.9. The quantitative estimate of drug-likeness (QED) is 0.591. The largest absolute Gasteiger partial charge is 0.435 e. The van der Waals surface area contributed by atoms with Gasteiger partial charge in [-0.25, -0.2) is 0 Å². The van der Waals surface area contributed by atoms with Crippen molar-refractivity contribution < 1.29 is 23.1 Å². The molecule has 2 amide bonds. The molecule has 4 rings (SSSR count). The molecule has 2 aliphatic heterocycles. The van der Waals surface area contributed by atoms with Crippen molar-refractivity contribution in [2.24, 2.45) is 0 Å². The average molecular weight is 473 g/mol. The molecule has 0 spiro atoms. The summed E-state index contributed by atoms with van der Waals surface area (Å²) in [7, 11) is 1.73. The number of benzene rings is 2. The molecule has 0 saturated carbocycles. The van der Waals surface area contributed by atoms with E-state index in [-0.39, 0.29) is 17.6 Å². The van der Waals surface area contributed by atoms with Gasteiger partial charge in [-0.2, -0.15) is 8.78 Å². The van der Waals surface area contributed by atoms with E-state index < -0.39 is 6.61 Å². The molecule has 0 atom stereocenters. The van der Waals surface area contributed by atoms with Crippen LogP contribution in [0, 0.1) is 0 Å². The van der Waals surface area contributed by atoms with Crippen LogP contribution in [-0.4, -0.2) is 86.0 Å². The van der Waals surface area contributed by atoms with E-state index in [1.807, 2.05) is 23.1 Å². The Morgan fingerprint density at radius 1 is 0.941 bits per heavy atom. The number of fused-ring (bicyclic) bond motifs is 1. The number of rotatable bonds is 8. The van der Waals surface area contributed by atoms with Gasteiger partial charge in [0.25, 0.3) is 0 Å². The molecule has 0 unspecified atom stereocenters. The molecule has 1 fully saturated rings. The number of ether oxygens (including phenoxy) is 1. The van der Waals surface area contributed by atoms with Gasteiger partial charge in [-0.3, -0.25) is 19.4 Å². The molecule has 2 aromatic rings. The van der Waals surface area contributed by atoms with E-state index in [0.29, 0.717) is 19.6 Å². The van der Waals surface area contributed by atoms with E-state index in [9.17, 15) is 18.4 Å². The minimum absolute atomic E-state index is 0.00823. The number of likely N-dealkylation sites (N-methyl/N-ethyl adjacent to an activating group) is 1. The number of halogens is 2. The fraction of sp³-hybridized carbons (Fsp3) is 0.440. The maximum atomic E-state index is 12.8. The Hall–Kier alpha value is -3.04. The van der Waals surface area contributed by atoms with Gasteiger partial charge in [0.05, 0.1) is 13.1 Å². The molecule has 1 saturated heterocycles. The van der Waals surface area contributed by atoms with Crippen LogP contribution in [0.4, 0.5) is 14.5 Å². The van der Waals surface area contributed by atoms with Gasteiger partial charge in [-0.15, -0.1) is 0 Å². The Morgan fingerprint density at radius 3 is 2.26 bits per heavy atom. The molecule has 0 aromatic heterocycles. The number of hydrogen-bond donors (Lipinski definition) is 0. The monoisotopic (exact) mass is 472 g/mol. The molecule has 2 aromatic carbocycles. The van der Waals surface area contributed by atoms with Crippen LogP contribution in [0.3, 0.4) is 0 Å². The van der Waals surface area contributed by atoms with Crippen LogP contribution < -0.4 is 9.64 Å². The minimum Gasteiger partial charge on any atom is -0.435 e. The number of para-hydroxylation sites is 1. The van der Waals surface area contributed by atoms with E-state index in [1.54, 1.807) is 24.1 Å². The summed E-state index contributed by atoms with van der Waals surface area (Å²) in [5, 5.41) is 0. The molecular formula is C25H30F2N4O3. The first-order valence-electron chi connectivity index (χ1n) is 11.5. The van der Waals surface area contributed by atoms with E-state index in [4.69, 9.17) is 0 Å². The fourth-order valence-corrected chi connectivity index (χ4v) is 4.43. The molecule has 0 N–H and O–H groups in total. The molecule has 182 valence electrons. The summed E-state index contributed by atoms with van der Waals surface area (Å²) in [6.07, 6.45) is 0.902. The summed E-state index contributed by atoms with van der Waals surface area (Å²) in [5.74, 6) is 0.211. The Labute approximate surface area is 198 Å². The van der Waals surface area contributed by atoms with E-state index >= 15 is 0 Å². The van der Waals surface area contributed by atoms with E-state index in [2.05, 4.69) is 20.6 Å². The lowest BCUT2D eigenvalue weighted by atomic mass is 10.2. The molecule has 0 bridgehead atoms. The van der Waals surface area contributed by atoms with Crippen molar-refractivity contribution in [1.82, 2.24) is 14.7 Å². The zero-order valence-electron chi connectivity index (χ0n) is 19.3. The molecule has 2 aliphatic rings. The van der Waals surface area contributed by atoms with Crippen molar-refractivity contribution in [3.8, 4) is 5.75 Å². The molecule has 2 heterocycles. The Bertz CT molecular complexity index is 994. The number of nitrogens with zero attached hydrogens (tertiary/aromatic N) is 4. The Kier molecular flexibility index (Phi) is 7.74. The number of hydrogen-bond acceptors (Lipinski definition) is 5. The number of piperazine rings is 1. The first-order valence-corrected chi connectivity index (χ1v) is 11.5. The maximum Gasteiger partial charge on any atom is 0.387 e. The standard InChI is InChI=1S/C25H30F2N4O3/c1-28(16-19-6-8-21(9-7-19)34-25(26)27)23(32)17-29-12-14-30(15-13-29)18-24(33)31-11-10-20-4-2-3-5-22(20)31/h2-9,25H,10-18H2,1H3. The summed E-state index contributed by atoms with van der Waals surface area (Å²) in [4.78, 5) is 33.3. The number of amides is 2. The lowest BCUT2D eigenvalue weighted by molar-refractivity contribution is -0.132. The highest BCUT2D eigenvalue weighted by Crippen LogP contribution is 2.27. The SMILES string of the molecule is CN(Cc1ccc(OC(F)F)cc1)C(=O)CN1CCN(CC(=O)N2CCc3ccccc32)CC1. The molecule has 0 radical (unpaired) electrons. The van der Waals surface area contributed by atoms with Gasteiger partial charge in [-0.1, -0.05) is 30.3 Å². The normalized spacial score (nSPS) is 16.5. The lowest BCUT2D eigenvalue weighted by Gasteiger charge is -2.35.